The van der Waals surface area contributed by atoms with E-state index in [4.69, 9.17) is 0 Å². The fourth-order valence-corrected chi connectivity index (χ4v) is 5.91. The van der Waals surface area contributed by atoms with Crippen molar-refractivity contribution in [2.24, 2.45) is 4.99 Å². The number of carbonyl (C=O) groups is 1. The van der Waals surface area contributed by atoms with Crippen molar-refractivity contribution in [1.82, 2.24) is 4.68 Å². The van der Waals surface area contributed by atoms with Gasteiger partial charge in [-0.25, -0.2) is 4.68 Å². The summed E-state index contributed by atoms with van der Waals surface area (Å²) in [6, 6.07) is 30.0. The van der Waals surface area contributed by atoms with Crippen molar-refractivity contribution in [3.8, 4) is 10.4 Å². The van der Waals surface area contributed by atoms with Gasteiger partial charge in [-0.2, -0.15) is 0 Å². The summed E-state index contributed by atoms with van der Waals surface area (Å²) in [6.45, 7) is 4.29. The highest BCUT2D eigenvalue weighted by atomic mass is 32.1. The molecule has 4 nitrogen and oxygen atoms in total. The minimum Gasteiger partial charge on any atom is -0.267 e. The monoisotopic (exact) mass is 515 g/mol. The third-order valence-electron chi connectivity index (χ3n) is 7.09. The van der Waals surface area contributed by atoms with E-state index >= 15 is 0 Å². The number of aromatic nitrogens is 1. The molecule has 1 aromatic heterocycles. The van der Waals surface area contributed by atoms with Crippen LogP contribution >= 0.6 is 11.3 Å². The summed E-state index contributed by atoms with van der Waals surface area (Å²) >= 11 is 1.56. The minimum absolute atomic E-state index is 0.115. The lowest BCUT2D eigenvalue weighted by molar-refractivity contribution is 0.101. The third-order valence-corrected chi connectivity index (χ3v) is 8.16. The van der Waals surface area contributed by atoms with Gasteiger partial charge in [0.2, 0.25) is 4.80 Å². The Balaban J connectivity index is 1.34. The molecule has 9 rings (SSSR count). The molecule has 4 aliphatic rings. The molecule has 0 atom stereocenters. The number of fused-ring (bicyclic) bond motifs is 1. The number of rotatable bonds is 5. The normalized spacial score (nSPS) is 13.3. The lowest BCUT2D eigenvalue weighted by Crippen LogP contribution is -2.30. The number of aryl methyl sites for hydroxylation is 4. The fraction of sp³-hybridized carbons (Fsp3) is 0.152. The van der Waals surface area contributed by atoms with Crippen molar-refractivity contribution in [2.45, 2.75) is 25.7 Å². The van der Waals surface area contributed by atoms with Crippen molar-refractivity contribution in [2.75, 3.05) is 12.0 Å². The molecule has 0 aliphatic heterocycles. The van der Waals surface area contributed by atoms with Crippen LogP contribution < -0.4 is 10.2 Å². The van der Waals surface area contributed by atoms with Gasteiger partial charge in [0.25, 0.3) is 5.91 Å². The van der Waals surface area contributed by atoms with E-state index < -0.39 is 0 Å². The predicted molar refractivity (Wildman–Crippen MR) is 157 cm³/mol. The van der Waals surface area contributed by atoms with Crippen LogP contribution in [0.15, 0.2) is 109 Å². The molecule has 0 spiro atoms. The van der Waals surface area contributed by atoms with Crippen LogP contribution in [-0.2, 0) is 25.7 Å². The third kappa shape index (κ3) is 5.11. The van der Waals surface area contributed by atoms with Crippen molar-refractivity contribution in [1.29, 1.82) is 0 Å². The van der Waals surface area contributed by atoms with Gasteiger partial charge in [-0.1, -0.05) is 90.2 Å². The highest BCUT2D eigenvalue weighted by Gasteiger charge is 2.16. The van der Waals surface area contributed by atoms with Crippen molar-refractivity contribution >= 4 is 28.0 Å². The van der Waals surface area contributed by atoms with Gasteiger partial charge >= 0.3 is 0 Å². The smallest absolute Gasteiger partial charge is 0.267 e. The number of amides is 1. The molecule has 188 valence electrons. The first-order chi connectivity index (χ1) is 18.7. The summed E-state index contributed by atoms with van der Waals surface area (Å²) in [4.78, 5) is 20.2. The number of benzene rings is 4. The molecular formula is C33H29N3OS. The van der Waals surface area contributed by atoms with Gasteiger partial charge in [0.15, 0.2) is 0 Å². The maximum atomic E-state index is 13.7. The van der Waals surface area contributed by atoms with Crippen LogP contribution in [0.1, 0.15) is 32.6 Å². The topological polar surface area (TPSA) is 46.4 Å². The molecule has 4 aliphatic carbocycles. The van der Waals surface area contributed by atoms with E-state index in [0.717, 1.165) is 52.1 Å². The van der Waals surface area contributed by atoms with Gasteiger partial charge in [0, 0.05) is 11.8 Å². The van der Waals surface area contributed by atoms with E-state index in [1.54, 1.807) is 22.1 Å². The summed E-state index contributed by atoms with van der Waals surface area (Å²) in [7, 11) is 0. The van der Waals surface area contributed by atoms with Crippen LogP contribution in [0.5, 0.6) is 0 Å². The number of thiazole rings is 1. The largest absolute Gasteiger partial charge is 0.270 e. The van der Waals surface area contributed by atoms with E-state index in [-0.39, 0.29) is 5.91 Å². The summed E-state index contributed by atoms with van der Waals surface area (Å²) in [6.07, 6.45) is 7.30. The van der Waals surface area contributed by atoms with Crippen LogP contribution in [0.2, 0.25) is 0 Å². The Kier molecular flexibility index (Phi) is 6.76. The van der Waals surface area contributed by atoms with Crippen LogP contribution in [-0.4, -0.2) is 17.1 Å². The van der Waals surface area contributed by atoms with Crippen LogP contribution in [0.25, 0.3) is 21.2 Å². The number of hydrogen-bond donors (Lipinski definition) is 1. The zero-order valence-corrected chi connectivity index (χ0v) is 22.0. The standard InChI is InChI=1S/C33H29N3OS/c1-2-19-34-33-36(22-31(38-33)29-18-17-26-5-3-4-6-28(26)21-29)35-32(37)30-20-25-12-11-23-7-9-24(10-8-23)13-15-27(30)16-14-25/h2-10,14,16-18,20-22H,1,11-13,15,19H2,(H,35,37). The summed E-state index contributed by atoms with van der Waals surface area (Å²) in [5, 5.41) is 2.39. The van der Waals surface area contributed by atoms with Crippen LogP contribution in [0, 0.1) is 0 Å². The lowest BCUT2D eigenvalue weighted by atomic mass is 9.93. The van der Waals surface area contributed by atoms with Crippen molar-refractivity contribution in [3.05, 3.63) is 136 Å². The lowest BCUT2D eigenvalue weighted by Gasteiger charge is -2.15. The Morgan fingerprint density at radius 2 is 1.58 bits per heavy atom. The zero-order valence-electron chi connectivity index (χ0n) is 21.2. The molecule has 1 N–H and O–H groups in total. The van der Waals surface area contributed by atoms with Gasteiger partial charge in [-0.05, 0) is 76.4 Å². The van der Waals surface area contributed by atoms with Gasteiger partial charge in [0.05, 0.1) is 11.4 Å². The van der Waals surface area contributed by atoms with Gasteiger partial charge in [-0.15, -0.1) is 6.58 Å². The number of nitrogens with one attached hydrogen (secondary N) is 1. The van der Waals surface area contributed by atoms with E-state index in [1.807, 2.05) is 12.3 Å². The van der Waals surface area contributed by atoms with Crippen LogP contribution in [0.4, 0.5) is 0 Å². The average molecular weight is 516 g/mol. The maximum Gasteiger partial charge on any atom is 0.270 e. The minimum atomic E-state index is -0.115. The summed E-state index contributed by atoms with van der Waals surface area (Å²) < 4.78 is 1.76. The number of carbonyl (C=O) groups excluding carboxylic acids is 1. The zero-order chi connectivity index (χ0) is 25.9. The second-order valence-electron chi connectivity index (χ2n) is 9.69. The van der Waals surface area contributed by atoms with Gasteiger partial charge in [-0.3, -0.25) is 15.2 Å². The highest BCUT2D eigenvalue weighted by molar-refractivity contribution is 7.12. The quantitative estimate of drug-likeness (QED) is 0.259. The molecule has 38 heavy (non-hydrogen) atoms. The Hall–Kier alpha value is -4.22. The van der Waals surface area contributed by atoms with E-state index in [1.165, 1.54) is 27.5 Å². The molecule has 4 aromatic carbocycles. The average Bonchev–Trinajstić information content (AvgIpc) is 3.35. The summed E-state index contributed by atoms with van der Waals surface area (Å²) in [5.74, 6) is -0.115. The first kappa shape index (κ1) is 24.1. The Morgan fingerprint density at radius 1 is 0.868 bits per heavy atom. The van der Waals surface area contributed by atoms with Gasteiger partial charge in [0.1, 0.15) is 0 Å². The molecule has 0 saturated carbocycles. The maximum absolute atomic E-state index is 13.7. The number of nitrogens with zero attached hydrogens (tertiary/aromatic N) is 2. The molecule has 1 amide bonds. The molecule has 0 fully saturated rings. The summed E-state index contributed by atoms with van der Waals surface area (Å²) in [5.41, 5.74) is 9.82. The van der Waals surface area contributed by atoms with Gasteiger partial charge < -0.3 is 0 Å². The SMILES string of the molecule is C=CCN=c1sc(-c2ccc3ccccc3c2)cn1NC(=O)c1cc2ccc1CCc1ccc(cc1)CC2. The van der Waals surface area contributed by atoms with Crippen molar-refractivity contribution in [3.63, 3.8) is 0 Å². The molecule has 5 heteroatoms. The molecule has 0 radical (unpaired) electrons. The Labute approximate surface area is 226 Å². The van der Waals surface area contributed by atoms with Crippen molar-refractivity contribution < 1.29 is 4.79 Å². The Bertz CT molecular complexity index is 1710. The van der Waals surface area contributed by atoms with E-state index in [0.29, 0.717) is 6.54 Å². The Morgan fingerprint density at radius 3 is 2.37 bits per heavy atom. The second-order valence-corrected chi connectivity index (χ2v) is 10.7. The first-order valence-corrected chi connectivity index (χ1v) is 13.8. The van der Waals surface area contributed by atoms with Crippen LogP contribution in [0.3, 0.4) is 0 Å². The molecular weight excluding hydrogens is 486 g/mol. The molecule has 4 bridgehead atoms. The molecule has 0 unspecified atom stereocenters. The number of hydrogen-bond acceptors (Lipinski definition) is 3. The predicted octanol–water partition coefficient (Wildman–Crippen LogP) is 6.72. The first-order valence-electron chi connectivity index (χ1n) is 13.0. The highest BCUT2D eigenvalue weighted by Crippen LogP contribution is 2.26. The second kappa shape index (κ2) is 10.6. The van der Waals surface area contributed by atoms with E-state index in [9.17, 15) is 4.79 Å². The molecule has 0 saturated heterocycles. The molecule has 1 heterocycles. The molecule has 5 aromatic rings. The fourth-order valence-electron chi connectivity index (χ4n) is 4.97. The van der Waals surface area contributed by atoms with E-state index in [2.05, 4.69) is 95.9 Å².